The summed E-state index contributed by atoms with van der Waals surface area (Å²) in [6.45, 7) is 2.33. The highest BCUT2D eigenvalue weighted by Crippen LogP contribution is 2.28. The van der Waals surface area contributed by atoms with E-state index in [1.54, 1.807) is 0 Å². The second kappa shape index (κ2) is 14.2. The van der Waals surface area contributed by atoms with E-state index in [1.807, 2.05) is 47.8 Å². The Hall–Kier alpha value is -3.52. The molecule has 1 aliphatic rings. The van der Waals surface area contributed by atoms with Gasteiger partial charge in [0.05, 0.1) is 5.69 Å². The van der Waals surface area contributed by atoms with Gasteiger partial charge in [0.15, 0.2) is 5.13 Å². The molecule has 0 radical (unpaired) electrons. The molecule has 0 spiro atoms. The second-order valence-electron chi connectivity index (χ2n) is 9.46. The Morgan fingerprint density at radius 1 is 1.05 bits per heavy atom. The fraction of sp³-hybridized carbons (Fsp3) is 0.370. The first kappa shape index (κ1) is 29.5. The number of anilines is 2. The molecule has 11 nitrogen and oxygen atoms in total. The molecule has 1 atom stereocenters. The summed E-state index contributed by atoms with van der Waals surface area (Å²) in [6.07, 6.45) is 2.83. The number of amides is 2. The monoisotopic (exact) mass is 586 g/mol. The summed E-state index contributed by atoms with van der Waals surface area (Å²) < 4.78 is 29.6. The number of ether oxygens (including phenoxy) is 1. The molecule has 2 heterocycles. The van der Waals surface area contributed by atoms with Gasteiger partial charge in [-0.3, -0.25) is 4.79 Å². The van der Waals surface area contributed by atoms with Crippen LogP contribution in [0.2, 0.25) is 0 Å². The third-order valence-electron chi connectivity index (χ3n) is 6.41. The van der Waals surface area contributed by atoms with E-state index in [0.29, 0.717) is 18.0 Å². The maximum absolute atomic E-state index is 13.1. The van der Waals surface area contributed by atoms with E-state index >= 15 is 0 Å². The summed E-state index contributed by atoms with van der Waals surface area (Å²) >= 11 is 1.29. The van der Waals surface area contributed by atoms with Gasteiger partial charge in [0.1, 0.15) is 12.6 Å². The molecule has 1 saturated heterocycles. The predicted molar refractivity (Wildman–Crippen MR) is 156 cm³/mol. The lowest BCUT2D eigenvalue weighted by molar-refractivity contribution is -0.118. The quantitative estimate of drug-likeness (QED) is 0.223. The summed E-state index contributed by atoms with van der Waals surface area (Å²) in [7, 11) is -3.79. The number of hydrogen-bond acceptors (Lipinski definition) is 8. The zero-order chi connectivity index (χ0) is 28.4. The predicted octanol–water partition coefficient (Wildman–Crippen LogP) is 3.61. The number of nitrogens with two attached hydrogens (primary N) is 1. The molecule has 13 heteroatoms. The first-order valence-electron chi connectivity index (χ1n) is 13.1. The third kappa shape index (κ3) is 9.30. The molecule has 2 aromatic carbocycles. The van der Waals surface area contributed by atoms with E-state index in [1.165, 1.54) is 29.9 Å². The van der Waals surface area contributed by atoms with Crippen molar-refractivity contribution >= 4 is 44.4 Å². The van der Waals surface area contributed by atoms with Gasteiger partial charge in [-0.15, -0.1) is 11.3 Å². The van der Waals surface area contributed by atoms with Gasteiger partial charge in [-0.1, -0.05) is 42.5 Å². The average molecular weight is 587 g/mol. The van der Waals surface area contributed by atoms with Crippen molar-refractivity contribution in [1.29, 1.82) is 0 Å². The summed E-state index contributed by atoms with van der Waals surface area (Å²) in [5.74, 6) is -0.443. The highest BCUT2D eigenvalue weighted by atomic mass is 32.2. The van der Waals surface area contributed by atoms with Crippen LogP contribution in [0.3, 0.4) is 0 Å². The number of rotatable bonds is 13. The Balaban J connectivity index is 1.35. The first-order valence-corrected chi connectivity index (χ1v) is 15.6. The van der Waals surface area contributed by atoms with Gasteiger partial charge in [0.2, 0.25) is 5.91 Å². The van der Waals surface area contributed by atoms with Crippen molar-refractivity contribution in [3.8, 4) is 11.3 Å². The van der Waals surface area contributed by atoms with Gasteiger partial charge < -0.3 is 20.3 Å². The number of alkyl carbamates (subject to hydrolysis) is 1. The molecule has 5 N–H and O–H groups in total. The van der Waals surface area contributed by atoms with Crippen molar-refractivity contribution in [3.05, 3.63) is 65.5 Å². The SMILES string of the molecule is NS(=O)(=O)NCCCC[C@H](NC(=O)OCc1ccccc1)C(=O)Nc1nc(-c2ccc(N3CCCC3)cc2)cs1. The molecule has 3 aromatic rings. The van der Waals surface area contributed by atoms with Crippen LogP contribution in [0.1, 0.15) is 37.7 Å². The average Bonchev–Trinajstić information content (AvgIpc) is 3.64. The molecule has 214 valence electrons. The van der Waals surface area contributed by atoms with Gasteiger partial charge >= 0.3 is 6.09 Å². The third-order valence-corrected chi connectivity index (χ3v) is 7.78. The molecule has 1 aliphatic heterocycles. The van der Waals surface area contributed by atoms with Crippen LogP contribution in [0, 0.1) is 0 Å². The number of benzene rings is 2. The minimum absolute atomic E-state index is 0.0612. The standard InChI is InChI=1S/C27H34N6O5S2/c28-40(36,37)29-15-5-4-10-23(31-27(35)38-18-20-8-2-1-3-9-20)25(34)32-26-30-24(19-39-26)21-11-13-22(14-12-21)33-16-6-7-17-33/h1-3,8-9,11-14,19,23,29H,4-7,10,15-18H2,(H,31,35)(H2,28,36,37)(H,30,32,34)/t23-/m0/s1. The number of aromatic nitrogens is 1. The van der Waals surface area contributed by atoms with Crippen molar-refractivity contribution in [3.63, 3.8) is 0 Å². The number of carbonyl (C=O) groups is 2. The van der Waals surface area contributed by atoms with Crippen LogP contribution in [0.25, 0.3) is 11.3 Å². The van der Waals surface area contributed by atoms with Crippen LogP contribution in [-0.2, 0) is 26.3 Å². The van der Waals surface area contributed by atoms with Gasteiger partial charge in [-0.05, 0) is 49.8 Å². The van der Waals surface area contributed by atoms with Crippen LogP contribution in [0.5, 0.6) is 0 Å². The molecule has 0 unspecified atom stereocenters. The lowest BCUT2D eigenvalue weighted by atomic mass is 10.1. The highest BCUT2D eigenvalue weighted by Gasteiger charge is 2.23. The number of thiazole rings is 1. The Kier molecular flexibility index (Phi) is 10.5. The fourth-order valence-corrected chi connectivity index (χ4v) is 5.49. The summed E-state index contributed by atoms with van der Waals surface area (Å²) in [5, 5.41) is 12.6. The second-order valence-corrected chi connectivity index (χ2v) is 11.7. The summed E-state index contributed by atoms with van der Waals surface area (Å²) in [6, 6.07) is 16.5. The van der Waals surface area contributed by atoms with Gasteiger partial charge in [0.25, 0.3) is 10.2 Å². The Bertz CT molecular complexity index is 1360. The molecule has 0 saturated carbocycles. The maximum Gasteiger partial charge on any atom is 0.408 e. The van der Waals surface area contributed by atoms with E-state index < -0.39 is 28.3 Å². The number of hydrogen-bond donors (Lipinski definition) is 4. The van der Waals surface area contributed by atoms with Gasteiger partial charge in [0, 0.05) is 36.3 Å². The van der Waals surface area contributed by atoms with Crippen molar-refractivity contribution in [1.82, 2.24) is 15.0 Å². The number of nitrogens with one attached hydrogen (secondary N) is 3. The Labute approximate surface area is 238 Å². The molecular weight excluding hydrogens is 552 g/mol. The molecule has 0 bridgehead atoms. The van der Waals surface area contributed by atoms with Crippen LogP contribution >= 0.6 is 11.3 Å². The van der Waals surface area contributed by atoms with E-state index in [4.69, 9.17) is 9.88 Å². The zero-order valence-corrected chi connectivity index (χ0v) is 23.7. The summed E-state index contributed by atoms with van der Waals surface area (Å²) in [5.41, 5.74) is 3.70. The van der Waals surface area contributed by atoms with E-state index in [9.17, 15) is 18.0 Å². The number of unbranched alkanes of at least 4 members (excludes halogenated alkanes) is 1. The van der Waals surface area contributed by atoms with Crippen LogP contribution in [0.15, 0.2) is 60.0 Å². The zero-order valence-electron chi connectivity index (χ0n) is 22.0. The Morgan fingerprint density at radius 2 is 1.77 bits per heavy atom. The number of carbonyl (C=O) groups excluding carboxylic acids is 2. The fourth-order valence-electron chi connectivity index (χ4n) is 4.34. The van der Waals surface area contributed by atoms with Crippen molar-refractivity contribution in [2.75, 3.05) is 29.9 Å². The van der Waals surface area contributed by atoms with E-state index in [2.05, 4.69) is 37.4 Å². The normalized spacial score (nSPS) is 14.1. The van der Waals surface area contributed by atoms with Gasteiger partial charge in [-0.2, -0.15) is 8.42 Å². The lowest BCUT2D eigenvalue weighted by Gasteiger charge is -2.18. The van der Waals surface area contributed by atoms with Crippen LogP contribution in [0.4, 0.5) is 15.6 Å². The largest absolute Gasteiger partial charge is 0.445 e. The van der Waals surface area contributed by atoms with Crippen molar-refractivity contribution in [2.45, 2.75) is 44.8 Å². The summed E-state index contributed by atoms with van der Waals surface area (Å²) in [4.78, 5) is 32.5. The van der Waals surface area contributed by atoms with E-state index in [0.717, 1.165) is 29.9 Å². The van der Waals surface area contributed by atoms with Crippen LogP contribution < -0.4 is 25.4 Å². The smallest absolute Gasteiger partial charge is 0.408 e. The van der Waals surface area contributed by atoms with E-state index in [-0.39, 0.29) is 19.6 Å². The van der Waals surface area contributed by atoms with Crippen molar-refractivity contribution in [2.24, 2.45) is 5.14 Å². The molecule has 4 rings (SSSR count). The first-order chi connectivity index (χ1) is 19.3. The molecule has 1 fully saturated rings. The van der Waals surface area contributed by atoms with Crippen LogP contribution in [-0.4, -0.2) is 51.1 Å². The highest BCUT2D eigenvalue weighted by molar-refractivity contribution is 7.87. The molecule has 1 aromatic heterocycles. The molecular formula is C27H34N6O5S2. The maximum atomic E-state index is 13.1. The number of nitrogens with zero attached hydrogens (tertiary/aromatic N) is 2. The Morgan fingerprint density at radius 3 is 2.48 bits per heavy atom. The van der Waals surface area contributed by atoms with Crippen molar-refractivity contribution < 1.29 is 22.7 Å². The molecule has 0 aliphatic carbocycles. The minimum Gasteiger partial charge on any atom is -0.445 e. The molecule has 40 heavy (non-hydrogen) atoms. The minimum atomic E-state index is -3.79. The lowest BCUT2D eigenvalue weighted by Crippen LogP contribution is -2.44. The topological polar surface area (TPSA) is 156 Å². The molecule has 2 amide bonds. The van der Waals surface area contributed by atoms with Gasteiger partial charge in [-0.25, -0.2) is 19.6 Å².